The van der Waals surface area contributed by atoms with Crippen LogP contribution in [0.25, 0.3) is 10.8 Å². The van der Waals surface area contributed by atoms with Crippen LogP contribution in [0.15, 0.2) is 30.6 Å². The summed E-state index contributed by atoms with van der Waals surface area (Å²) in [5.74, 6) is 0. The zero-order valence-corrected chi connectivity index (χ0v) is 12.0. The molecule has 0 radical (unpaired) electrons. The van der Waals surface area contributed by atoms with Crippen molar-refractivity contribution in [1.29, 1.82) is 0 Å². The molecule has 7 heteroatoms. The van der Waals surface area contributed by atoms with Crippen LogP contribution in [0.1, 0.15) is 18.1 Å². The molecule has 1 heterocycles. The maximum Gasteiger partial charge on any atom is 0.278 e. The maximum absolute atomic E-state index is 11.0. The van der Waals surface area contributed by atoms with Crippen LogP contribution in [0, 0.1) is 10.1 Å². The Morgan fingerprint density at radius 2 is 2.05 bits per heavy atom. The predicted octanol–water partition coefficient (Wildman–Crippen LogP) is 2.32. The summed E-state index contributed by atoms with van der Waals surface area (Å²) in [5, 5.41) is 32.5. The number of aromatic nitrogens is 1. The van der Waals surface area contributed by atoms with E-state index in [0.29, 0.717) is 28.1 Å². The largest absolute Gasteiger partial charge is 0.390 e. The zero-order chi connectivity index (χ0) is 14.7. The SMILES string of the molecule is O=[N+]([O-])c1ccc(C(O)C(O)CCBr)c2ccncc12. The average molecular weight is 341 g/mol. The van der Waals surface area contributed by atoms with Crippen molar-refractivity contribution < 1.29 is 15.1 Å². The van der Waals surface area contributed by atoms with Crippen molar-refractivity contribution >= 4 is 32.4 Å². The second kappa shape index (κ2) is 6.25. The highest BCUT2D eigenvalue weighted by Gasteiger charge is 2.23. The highest BCUT2D eigenvalue weighted by atomic mass is 79.9. The Morgan fingerprint density at radius 3 is 2.70 bits per heavy atom. The number of pyridine rings is 1. The van der Waals surface area contributed by atoms with Crippen LogP contribution in [0.5, 0.6) is 0 Å². The fourth-order valence-corrected chi connectivity index (χ4v) is 2.56. The first-order valence-electron chi connectivity index (χ1n) is 5.99. The molecule has 0 aliphatic heterocycles. The van der Waals surface area contributed by atoms with E-state index in [1.54, 1.807) is 6.07 Å². The number of hydrogen-bond acceptors (Lipinski definition) is 5. The van der Waals surface area contributed by atoms with E-state index >= 15 is 0 Å². The Bertz CT molecular complexity index is 635. The lowest BCUT2D eigenvalue weighted by molar-refractivity contribution is -0.383. The van der Waals surface area contributed by atoms with Gasteiger partial charge in [-0.1, -0.05) is 15.9 Å². The molecule has 0 spiro atoms. The van der Waals surface area contributed by atoms with Gasteiger partial charge in [0, 0.05) is 23.8 Å². The number of non-ortho nitro benzene ring substituents is 1. The molecule has 20 heavy (non-hydrogen) atoms. The molecule has 6 nitrogen and oxygen atoms in total. The Kier molecular flexibility index (Phi) is 4.64. The summed E-state index contributed by atoms with van der Waals surface area (Å²) >= 11 is 3.20. The molecule has 0 saturated heterocycles. The molecule has 2 N–H and O–H groups in total. The van der Waals surface area contributed by atoms with Crippen molar-refractivity contribution in [3.8, 4) is 0 Å². The lowest BCUT2D eigenvalue weighted by Gasteiger charge is -2.18. The molecule has 0 fully saturated rings. The van der Waals surface area contributed by atoms with Crippen molar-refractivity contribution in [2.24, 2.45) is 0 Å². The topological polar surface area (TPSA) is 96.5 Å². The maximum atomic E-state index is 11.0. The van der Waals surface area contributed by atoms with Gasteiger partial charge in [0.15, 0.2) is 0 Å². The first kappa shape index (κ1) is 14.8. The number of aliphatic hydroxyl groups excluding tert-OH is 2. The summed E-state index contributed by atoms with van der Waals surface area (Å²) in [6.07, 6.45) is 1.23. The number of alkyl halides is 1. The third kappa shape index (κ3) is 2.79. The molecule has 106 valence electrons. The Morgan fingerprint density at radius 1 is 1.30 bits per heavy atom. The zero-order valence-electron chi connectivity index (χ0n) is 10.4. The smallest absolute Gasteiger partial charge is 0.278 e. The molecular weight excluding hydrogens is 328 g/mol. The van der Waals surface area contributed by atoms with Gasteiger partial charge in [0.05, 0.1) is 16.4 Å². The van der Waals surface area contributed by atoms with Crippen LogP contribution in [-0.4, -0.2) is 31.6 Å². The first-order chi connectivity index (χ1) is 9.56. The van der Waals surface area contributed by atoms with E-state index in [1.165, 1.54) is 24.5 Å². The third-order valence-corrected chi connectivity index (χ3v) is 3.57. The molecular formula is C13H13BrN2O4. The van der Waals surface area contributed by atoms with E-state index in [9.17, 15) is 20.3 Å². The number of nitro groups is 1. The van der Waals surface area contributed by atoms with Crippen LogP contribution in [-0.2, 0) is 0 Å². The second-order valence-electron chi connectivity index (χ2n) is 4.34. The van der Waals surface area contributed by atoms with Gasteiger partial charge in [0.2, 0.25) is 0 Å². The van der Waals surface area contributed by atoms with Crippen LogP contribution in [0.3, 0.4) is 0 Å². The lowest BCUT2D eigenvalue weighted by atomic mass is 9.96. The van der Waals surface area contributed by atoms with Crippen molar-refractivity contribution in [2.75, 3.05) is 5.33 Å². The van der Waals surface area contributed by atoms with E-state index in [-0.39, 0.29) is 5.69 Å². The number of aliphatic hydroxyl groups is 2. The van der Waals surface area contributed by atoms with Gasteiger partial charge in [0.1, 0.15) is 6.10 Å². The van der Waals surface area contributed by atoms with E-state index in [4.69, 9.17) is 0 Å². The van der Waals surface area contributed by atoms with Gasteiger partial charge in [-0.15, -0.1) is 0 Å². The average Bonchev–Trinajstić information content (AvgIpc) is 2.45. The van der Waals surface area contributed by atoms with Crippen LogP contribution in [0.2, 0.25) is 0 Å². The fraction of sp³-hybridized carbons (Fsp3) is 0.308. The standard InChI is InChI=1S/C13H13BrN2O4/c14-5-3-12(17)13(18)9-1-2-11(16(19)20)10-7-15-6-4-8(9)10/h1-2,4,6-7,12-13,17-18H,3,5H2. The van der Waals surface area contributed by atoms with E-state index in [1.807, 2.05) is 0 Å². The molecule has 0 aliphatic carbocycles. The molecule has 1 aromatic carbocycles. The third-order valence-electron chi connectivity index (χ3n) is 3.11. The van der Waals surface area contributed by atoms with E-state index < -0.39 is 17.1 Å². The van der Waals surface area contributed by atoms with Crippen LogP contribution < -0.4 is 0 Å². The Balaban J connectivity index is 2.56. The van der Waals surface area contributed by atoms with Crippen LogP contribution >= 0.6 is 15.9 Å². The Hall–Kier alpha value is -1.57. The fourth-order valence-electron chi connectivity index (χ4n) is 2.09. The molecule has 2 aromatic rings. The van der Waals surface area contributed by atoms with Crippen molar-refractivity contribution in [2.45, 2.75) is 18.6 Å². The Labute approximate surface area is 123 Å². The van der Waals surface area contributed by atoms with Gasteiger partial charge in [0.25, 0.3) is 5.69 Å². The summed E-state index contributed by atoms with van der Waals surface area (Å²) in [6.45, 7) is 0. The normalized spacial score (nSPS) is 14.2. The van der Waals surface area contributed by atoms with E-state index in [0.717, 1.165) is 0 Å². The van der Waals surface area contributed by atoms with Crippen molar-refractivity contribution in [3.63, 3.8) is 0 Å². The number of nitrogens with zero attached hydrogens (tertiary/aromatic N) is 2. The van der Waals surface area contributed by atoms with Crippen molar-refractivity contribution in [3.05, 3.63) is 46.3 Å². The predicted molar refractivity (Wildman–Crippen MR) is 77.8 cm³/mol. The molecule has 1 aromatic heterocycles. The monoisotopic (exact) mass is 340 g/mol. The number of benzene rings is 1. The molecule has 2 atom stereocenters. The summed E-state index contributed by atoms with van der Waals surface area (Å²) in [6, 6.07) is 4.40. The van der Waals surface area contributed by atoms with Gasteiger partial charge < -0.3 is 10.2 Å². The number of fused-ring (bicyclic) bond motifs is 1. The summed E-state index contributed by atoms with van der Waals surface area (Å²) < 4.78 is 0. The van der Waals surface area contributed by atoms with Crippen molar-refractivity contribution in [1.82, 2.24) is 4.98 Å². The second-order valence-corrected chi connectivity index (χ2v) is 5.14. The van der Waals surface area contributed by atoms with Crippen LogP contribution in [0.4, 0.5) is 5.69 Å². The number of halogens is 1. The summed E-state index contributed by atoms with van der Waals surface area (Å²) in [5.41, 5.74) is 0.389. The minimum Gasteiger partial charge on any atom is -0.390 e. The summed E-state index contributed by atoms with van der Waals surface area (Å²) in [7, 11) is 0. The number of rotatable bonds is 5. The molecule has 0 amide bonds. The quantitative estimate of drug-likeness (QED) is 0.494. The van der Waals surface area contributed by atoms with Gasteiger partial charge in [-0.05, 0) is 29.5 Å². The molecule has 0 bridgehead atoms. The van der Waals surface area contributed by atoms with Gasteiger partial charge in [-0.2, -0.15) is 0 Å². The highest BCUT2D eigenvalue weighted by molar-refractivity contribution is 9.09. The summed E-state index contributed by atoms with van der Waals surface area (Å²) in [4.78, 5) is 14.4. The molecule has 0 aliphatic rings. The van der Waals surface area contributed by atoms with E-state index in [2.05, 4.69) is 20.9 Å². The van der Waals surface area contributed by atoms with Gasteiger partial charge in [-0.25, -0.2) is 0 Å². The highest BCUT2D eigenvalue weighted by Crippen LogP contribution is 2.32. The molecule has 2 unspecified atom stereocenters. The minimum atomic E-state index is -1.10. The number of nitro benzene ring substituents is 1. The van der Waals surface area contributed by atoms with Gasteiger partial charge in [-0.3, -0.25) is 15.1 Å². The first-order valence-corrected chi connectivity index (χ1v) is 7.11. The van der Waals surface area contributed by atoms with Gasteiger partial charge >= 0.3 is 0 Å². The molecule has 2 rings (SSSR count). The number of hydrogen-bond donors (Lipinski definition) is 2. The lowest BCUT2D eigenvalue weighted by Crippen LogP contribution is -2.19. The molecule has 0 saturated carbocycles. The minimum absolute atomic E-state index is 0.0703.